The Kier molecular flexibility index (Phi) is 1.72. The molecule has 2 aromatic carbocycles. The normalized spacial score (nSPS) is 18.0. The molecule has 0 bridgehead atoms. The third-order valence-electron chi connectivity index (χ3n) is 2.99. The number of hydrogen-bond donors (Lipinski definition) is 1. The Hall–Kier alpha value is -1.89. The highest BCUT2D eigenvalue weighted by atomic mass is 14.4. The van der Waals surface area contributed by atoms with Gasteiger partial charge >= 0.3 is 0 Å². The lowest BCUT2D eigenvalue weighted by molar-refractivity contribution is 1.17. The maximum absolute atomic E-state index is 7.43. The molecule has 1 unspecified atom stereocenters. The van der Waals surface area contributed by atoms with E-state index in [-0.39, 0.29) is 5.92 Å². The minimum atomic E-state index is 0.142. The van der Waals surface area contributed by atoms with Gasteiger partial charge in [0.05, 0.1) is 0 Å². The van der Waals surface area contributed by atoms with Gasteiger partial charge in [0.25, 0.3) is 0 Å². The Morgan fingerprint density at radius 2 is 1.87 bits per heavy atom. The number of allylic oxidation sites excluding steroid dienone is 1. The minimum Gasteiger partial charge on any atom is -0.312 e. The largest absolute Gasteiger partial charge is 0.312 e. The van der Waals surface area contributed by atoms with Crippen molar-refractivity contribution in [3.63, 3.8) is 0 Å². The molecular weight excluding hydrogens is 182 g/mol. The van der Waals surface area contributed by atoms with Gasteiger partial charge in [-0.15, -0.1) is 0 Å². The van der Waals surface area contributed by atoms with E-state index in [1.54, 1.807) is 0 Å². The van der Waals surface area contributed by atoms with E-state index in [1.807, 2.05) is 0 Å². The lowest BCUT2D eigenvalue weighted by atomic mass is 9.87. The fourth-order valence-electron chi connectivity index (χ4n) is 2.27. The number of hydrogen-bond acceptors (Lipinski definition) is 1. The van der Waals surface area contributed by atoms with Gasteiger partial charge < -0.3 is 5.41 Å². The predicted molar refractivity (Wildman–Crippen MR) is 64.5 cm³/mol. The molecule has 0 spiro atoms. The van der Waals surface area contributed by atoms with Gasteiger partial charge in [-0.2, -0.15) is 0 Å². The zero-order valence-electron chi connectivity index (χ0n) is 8.27. The lowest BCUT2D eigenvalue weighted by Gasteiger charge is -2.17. The van der Waals surface area contributed by atoms with Crippen molar-refractivity contribution in [1.82, 2.24) is 0 Å². The van der Waals surface area contributed by atoms with Crippen LogP contribution in [0.1, 0.15) is 17.0 Å². The van der Waals surface area contributed by atoms with Gasteiger partial charge in [0, 0.05) is 12.1 Å². The second-order valence-electron chi connectivity index (χ2n) is 3.84. The fraction of sp³-hybridized carbons (Fsp3) is 0.0714. The van der Waals surface area contributed by atoms with E-state index in [1.165, 1.54) is 28.1 Å². The van der Waals surface area contributed by atoms with Crippen LogP contribution in [0.4, 0.5) is 0 Å². The van der Waals surface area contributed by atoms with Crippen LogP contribution in [-0.4, -0.2) is 6.21 Å². The summed E-state index contributed by atoms with van der Waals surface area (Å²) in [6, 6.07) is 12.6. The van der Waals surface area contributed by atoms with Gasteiger partial charge in [0.15, 0.2) is 0 Å². The summed E-state index contributed by atoms with van der Waals surface area (Å²) in [5.74, 6) is 0.142. The Labute approximate surface area is 88.6 Å². The molecule has 15 heavy (non-hydrogen) atoms. The van der Waals surface area contributed by atoms with Crippen LogP contribution in [0.25, 0.3) is 16.8 Å². The van der Waals surface area contributed by atoms with Gasteiger partial charge in [0.1, 0.15) is 0 Å². The quantitative estimate of drug-likeness (QED) is 0.669. The Morgan fingerprint density at radius 3 is 2.67 bits per heavy atom. The molecule has 0 aliphatic heterocycles. The molecule has 3 rings (SSSR count). The molecule has 72 valence electrons. The van der Waals surface area contributed by atoms with Crippen molar-refractivity contribution in [3.05, 3.63) is 53.6 Å². The van der Waals surface area contributed by atoms with Gasteiger partial charge in [-0.1, -0.05) is 48.6 Å². The van der Waals surface area contributed by atoms with Gasteiger partial charge in [-0.05, 0) is 21.9 Å². The topological polar surface area (TPSA) is 23.9 Å². The summed E-state index contributed by atoms with van der Waals surface area (Å²) in [7, 11) is 0. The van der Waals surface area contributed by atoms with Crippen molar-refractivity contribution in [2.75, 3.05) is 0 Å². The van der Waals surface area contributed by atoms with E-state index in [0.717, 1.165) is 0 Å². The lowest BCUT2D eigenvalue weighted by Crippen LogP contribution is -2.01. The van der Waals surface area contributed by atoms with Crippen molar-refractivity contribution < 1.29 is 0 Å². The Morgan fingerprint density at radius 1 is 1.07 bits per heavy atom. The van der Waals surface area contributed by atoms with E-state index in [0.29, 0.717) is 0 Å². The second kappa shape index (κ2) is 3.06. The summed E-state index contributed by atoms with van der Waals surface area (Å²) in [5, 5.41) is 9.99. The maximum atomic E-state index is 7.43. The molecule has 1 atom stereocenters. The van der Waals surface area contributed by atoms with Crippen molar-refractivity contribution >= 4 is 23.1 Å². The summed E-state index contributed by atoms with van der Waals surface area (Å²) in [4.78, 5) is 0. The zero-order valence-corrected chi connectivity index (χ0v) is 8.27. The third kappa shape index (κ3) is 1.13. The Bertz CT molecular complexity index is 561. The molecule has 0 aromatic heterocycles. The van der Waals surface area contributed by atoms with Crippen LogP contribution in [0.2, 0.25) is 0 Å². The molecule has 1 aliphatic rings. The summed E-state index contributed by atoms with van der Waals surface area (Å²) < 4.78 is 0. The standard InChI is InChI=1S/C14H11N/c15-9-12-8-7-11-4-1-3-10-5-2-6-13(12)14(10)11/h1-9,12,15H. The van der Waals surface area contributed by atoms with E-state index in [4.69, 9.17) is 5.41 Å². The van der Waals surface area contributed by atoms with Gasteiger partial charge in [-0.25, -0.2) is 0 Å². The van der Waals surface area contributed by atoms with Crippen LogP contribution in [0.3, 0.4) is 0 Å². The van der Waals surface area contributed by atoms with Crippen LogP contribution in [0.5, 0.6) is 0 Å². The van der Waals surface area contributed by atoms with Crippen molar-refractivity contribution in [2.45, 2.75) is 5.92 Å². The van der Waals surface area contributed by atoms with Crippen LogP contribution in [-0.2, 0) is 0 Å². The van der Waals surface area contributed by atoms with Crippen molar-refractivity contribution in [3.8, 4) is 0 Å². The maximum Gasteiger partial charge on any atom is 0.0375 e. The average Bonchev–Trinajstić information content (AvgIpc) is 2.30. The first-order valence-electron chi connectivity index (χ1n) is 5.10. The summed E-state index contributed by atoms with van der Waals surface area (Å²) >= 11 is 0. The number of nitrogens with one attached hydrogen (secondary N) is 1. The average molecular weight is 193 g/mol. The summed E-state index contributed by atoms with van der Waals surface area (Å²) in [6.07, 6.45) is 5.70. The second-order valence-corrected chi connectivity index (χ2v) is 3.84. The Balaban J connectivity index is 2.46. The van der Waals surface area contributed by atoms with E-state index in [9.17, 15) is 0 Å². The smallest absolute Gasteiger partial charge is 0.0375 e. The van der Waals surface area contributed by atoms with Crippen molar-refractivity contribution in [2.24, 2.45) is 0 Å². The van der Waals surface area contributed by atoms with E-state index >= 15 is 0 Å². The molecule has 2 aromatic rings. The molecular formula is C14H11N. The third-order valence-corrected chi connectivity index (χ3v) is 2.99. The molecule has 0 heterocycles. The molecule has 0 amide bonds. The van der Waals surface area contributed by atoms with Crippen molar-refractivity contribution in [1.29, 1.82) is 5.41 Å². The SMILES string of the molecule is N=CC1C=Cc2cccc3cccc1c23. The minimum absolute atomic E-state index is 0.142. The zero-order chi connectivity index (χ0) is 10.3. The van der Waals surface area contributed by atoms with E-state index < -0.39 is 0 Å². The van der Waals surface area contributed by atoms with E-state index in [2.05, 4.69) is 48.6 Å². The molecule has 1 nitrogen and oxygen atoms in total. The first-order chi connectivity index (χ1) is 7.40. The molecule has 1 N–H and O–H groups in total. The first kappa shape index (κ1) is 8.42. The van der Waals surface area contributed by atoms with Crippen LogP contribution in [0, 0.1) is 5.41 Å². The molecule has 1 aliphatic carbocycles. The van der Waals surface area contributed by atoms with Crippen LogP contribution in [0.15, 0.2) is 42.5 Å². The predicted octanol–water partition coefficient (Wildman–Crippen LogP) is 3.60. The fourth-order valence-corrected chi connectivity index (χ4v) is 2.27. The molecule has 1 heteroatoms. The summed E-state index contributed by atoms with van der Waals surface area (Å²) in [6.45, 7) is 0. The highest BCUT2D eigenvalue weighted by molar-refractivity contribution is 5.98. The highest BCUT2D eigenvalue weighted by Gasteiger charge is 2.14. The number of rotatable bonds is 1. The molecule has 0 saturated carbocycles. The first-order valence-corrected chi connectivity index (χ1v) is 5.10. The van der Waals surface area contributed by atoms with Crippen LogP contribution < -0.4 is 0 Å². The highest BCUT2D eigenvalue weighted by Crippen LogP contribution is 2.33. The van der Waals surface area contributed by atoms with Gasteiger partial charge in [0.2, 0.25) is 0 Å². The van der Waals surface area contributed by atoms with Gasteiger partial charge in [-0.3, -0.25) is 0 Å². The van der Waals surface area contributed by atoms with Crippen LogP contribution >= 0.6 is 0 Å². The molecule has 0 fully saturated rings. The number of benzene rings is 2. The molecule has 0 radical (unpaired) electrons. The monoisotopic (exact) mass is 193 g/mol. The summed E-state index contributed by atoms with van der Waals surface area (Å²) in [5.41, 5.74) is 2.52. The molecule has 0 saturated heterocycles.